The minimum Gasteiger partial charge on any atom is -0.482 e. The first-order valence-corrected chi connectivity index (χ1v) is 11.6. The Morgan fingerprint density at radius 3 is 2.53 bits per heavy atom. The van der Waals surface area contributed by atoms with E-state index in [1.807, 2.05) is 54.6 Å². The molecule has 0 bridgehead atoms. The standard InChI is InChI=1S/C24H22ClNO5S/c25-21-8-2-1-5-18(21)16-11-13-17(14-12-16)26(32(29)30)22-9-3-7-20-19(22)6-4-10-23(20)31-15-24(27)28/h1-2,4-6,8,10-14,22H,3,7,9,15H2,(H,27,28)(H,29,30). The third kappa shape index (κ3) is 4.65. The van der Waals surface area contributed by atoms with E-state index in [9.17, 15) is 13.6 Å². The van der Waals surface area contributed by atoms with E-state index >= 15 is 0 Å². The number of carbonyl (C=O) groups is 1. The molecule has 0 saturated carbocycles. The summed E-state index contributed by atoms with van der Waals surface area (Å²) in [5.41, 5.74) is 4.17. The van der Waals surface area contributed by atoms with Gasteiger partial charge >= 0.3 is 5.97 Å². The Morgan fingerprint density at radius 2 is 1.84 bits per heavy atom. The van der Waals surface area contributed by atoms with Gasteiger partial charge in [0.05, 0.1) is 11.7 Å². The molecule has 1 aliphatic carbocycles. The second-order valence-corrected chi connectivity index (χ2v) is 8.76. The lowest BCUT2D eigenvalue weighted by molar-refractivity contribution is -0.139. The van der Waals surface area contributed by atoms with Gasteiger partial charge in [0, 0.05) is 10.6 Å². The van der Waals surface area contributed by atoms with Crippen LogP contribution in [0, 0.1) is 0 Å². The number of halogens is 1. The molecule has 2 atom stereocenters. The molecule has 0 aliphatic heterocycles. The van der Waals surface area contributed by atoms with Crippen molar-refractivity contribution < 1.29 is 23.4 Å². The van der Waals surface area contributed by atoms with Gasteiger partial charge < -0.3 is 9.84 Å². The second kappa shape index (κ2) is 9.73. The van der Waals surface area contributed by atoms with Crippen LogP contribution in [0.3, 0.4) is 0 Å². The van der Waals surface area contributed by atoms with Crippen molar-refractivity contribution in [3.05, 3.63) is 82.9 Å². The predicted molar refractivity (Wildman–Crippen MR) is 125 cm³/mol. The van der Waals surface area contributed by atoms with Crippen molar-refractivity contribution in [2.24, 2.45) is 0 Å². The average Bonchev–Trinajstić information content (AvgIpc) is 2.78. The molecular formula is C24H22ClNO5S. The van der Waals surface area contributed by atoms with Crippen LogP contribution in [0.15, 0.2) is 66.7 Å². The monoisotopic (exact) mass is 471 g/mol. The van der Waals surface area contributed by atoms with E-state index in [0.29, 0.717) is 22.9 Å². The van der Waals surface area contributed by atoms with Crippen molar-refractivity contribution in [3.8, 4) is 16.9 Å². The van der Waals surface area contributed by atoms with Crippen molar-refractivity contribution >= 4 is 34.5 Å². The number of aliphatic carboxylic acids is 1. The van der Waals surface area contributed by atoms with Crippen LogP contribution >= 0.6 is 11.6 Å². The first-order chi connectivity index (χ1) is 15.5. The fraction of sp³-hybridized carbons (Fsp3) is 0.208. The molecule has 0 spiro atoms. The lowest BCUT2D eigenvalue weighted by Gasteiger charge is -2.35. The van der Waals surface area contributed by atoms with Crippen molar-refractivity contribution in [1.82, 2.24) is 0 Å². The molecule has 1 aliphatic rings. The SMILES string of the molecule is O=C(O)COc1cccc2c1CCCC2N(c1ccc(-c2ccccc2Cl)cc1)S(=O)O. The van der Waals surface area contributed by atoms with Crippen molar-refractivity contribution in [2.45, 2.75) is 25.3 Å². The van der Waals surface area contributed by atoms with E-state index in [1.54, 1.807) is 12.1 Å². The Bertz CT molecular complexity index is 1150. The van der Waals surface area contributed by atoms with Crippen molar-refractivity contribution in [1.29, 1.82) is 0 Å². The Balaban J connectivity index is 1.68. The number of fused-ring (bicyclic) bond motifs is 1. The van der Waals surface area contributed by atoms with E-state index in [2.05, 4.69) is 0 Å². The van der Waals surface area contributed by atoms with Crippen LogP contribution in [-0.4, -0.2) is 26.4 Å². The zero-order chi connectivity index (χ0) is 22.7. The predicted octanol–water partition coefficient (Wildman–Crippen LogP) is 5.49. The molecule has 6 nitrogen and oxygen atoms in total. The van der Waals surface area contributed by atoms with Crippen molar-refractivity contribution in [3.63, 3.8) is 0 Å². The van der Waals surface area contributed by atoms with Crippen LogP contribution in [-0.2, 0) is 22.5 Å². The zero-order valence-electron chi connectivity index (χ0n) is 17.1. The number of carboxylic acid groups (broad SMARTS) is 1. The van der Waals surface area contributed by atoms with Gasteiger partial charge in [0.25, 0.3) is 11.3 Å². The summed E-state index contributed by atoms with van der Waals surface area (Å²) in [5, 5.41) is 9.58. The fourth-order valence-corrected chi connectivity index (χ4v) is 5.15. The molecule has 4 rings (SSSR count). The van der Waals surface area contributed by atoms with Gasteiger partial charge in [-0.1, -0.05) is 54.1 Å². The maximum atomic E-state index is 12.4. The van der Waals surface area contributed by atoms with E-state index in [4.69, 9.17) is 21.4 Å². The maximum absolute atomic E-state index is 12.4. The topological polar surface area (TPSA) is 87.1 Å². The molecule has 0 saturated heterocycles. The molecule has 0 fully saturated rings. The van der Waals surface area contributed by atoms with Gasteiger partial charge in [-0.15, -0.1) is 0 Å². The molecule has 2 unspecified atom stereocenters. The number of anilines is 1. The van der Waals surface area contributed by atoms with Crippen LogP contribution in [0.1, 0.15) is 30.0 Å². The third-order valence-electron chi connectivity index (χ3n) is 5.54. The summed E-state index contributed by atoms with van der Waals surface area (Å²) in [4.78, 5) is 10.9. The molecule has 0 aromatic heterocycles. The Hall–Kier alpha value is -2.87. The fourth-order valence-electron chi connectivity index (χ4n) is 4.17. The molecule has 8 heteroatoms. The normalized spacial score (nSPS) is 16.1. The number of hydrogen-bond donors (Lipinski definition) is 2. The van der Waals surface area contributed by atoms with Crippen LogP contribution in [0.2, 0.25) is 5.02 Å². The molecule has 0 radical (unpaired) electrons. The number of rotatable bonds is 7. The second-order valence-electron chi connectivity index (χ2n) is 7.50. The highest BCUT2D eigenvalue weighted by Crippen LogP contribution is 2.41. The number of ether oxygens (including phenoxy) is 1. The quantitative estimate of drug-likeness (QED) is 0.445. The van der Waals surface area contributed by atoms with Crippen LogP contribution in [0.25, 0.3) is 11.1 Å². The van der Waals surface area contributed by atoms with Crippen LogP contribution in [0.5, 0.6) is 5.75 Å². The van der Waals surface area contributed by atoms with Gasteiger partial charge in [-0.3, -0.25) is 8.86 Å². The van der Waals surface area contributed by atoms with Gasteiger partial charge in [0.1, 0.15) is 5.75 Å². The van der Waals surface area contributed by atoms with E-state index in [-0.39, 0.29) is 6.04 Å². The highest BCUT2D eigenvalue weighted by molar-refractivity contribution is 7.80. The Morgan fingerprint density at radius 1 is 1.09 bits per heavy atom. The molecule has 166 valence electrons. The minimum absolute atomic E-state index is 0.343. The van der Waals surface area contributed by atoms with Crippen molar-refractivity contribution in [2.75, 3.05) is 10.9 Å². The summed E-state index contributed by atoms with van der Waals surface area (Å²) in [7, 11) is 0. The molecule has 32 heavy (non-hydrogen) atoms. The van der Waals surface area contributed by atoms with Gasteiger partial charge in [0.2, 0.25) is 0 Å². The Labute approximate surface area is 193 Å². The average molecular weight is 472 g/mol. The van der Waals surface area contributed by atoms with Gasteiger partial charge in [0.15, 0.2) is 6.61 Å². The molecule has 3 aromatic rings. The van der Waals surface area contributed by atoms with E-state index in [0.717, 1.165) is 35.1 Å². The molecule has 0 amide bonds. The van der Waals surface area contributed by atoms with E-state index in [1.165, 1.54) is 4.31 Å². The van der Waals surface area contributed by atoms with Gasteiger partial charge in [-0.2, -0.15) is 0 Å². The maximum Gasteiger partial charge on any atom is 0.341 e. The molecule has 0 heterocycles. The first kappa shape index (κ1) is 22.3. The lowest BCUT2D eigenvalue weighted by atomic mass is 9.87. The number of nitrogens with zero attached hydrogens (tertiary/aromatic N) is 1. The number of benzene rings is 3. The summed E-state index contributed by atoms with van der Waals surface area (Å²) < 4.78 is 29.6. The summed E-state index contributed by atoms with van der Waals surface area (Å²) >= 11 is 4.04. The molecule has 2 N–H and O–H groups in total. The number of hydrogen-bond acceptors (Lipinski definition) is 3. The molecule has 3 aromatic carbocycles. The smallest absolute Gasteiger partial charge is 0.341 e. The third-order valence-corrected chi connectivity index (χ3v) is 6.67. The first-order valence-electron chi connectivity index (χ1n) is 10.2. The lowest BCUT2D eigenvalue weighted by Crippen LogP contribution is -2.33. The van der Waals surface area contributed by atoms with E-state index < -0.39 is 23.8 Å². The Kier molecular flexibility index (Phi) is 6.79. The van der Waals surface area contributed by atoms with Gasteiger partial charge in [-0.05, 0) is 60.2 Å². The highest BCUT2D eigenvalue weighted by atomic mass is 35.5. The highest BCUT2D eigenvalue weighted by Gasteiger charge is 2.31. The summed E-state index contributed by atoms with van der Waals surface area (Å²) in [6.45, 7) is -0.430. The largest absolute Gasteiger partial charge is 0.482 e. The summed E-state index contributed by atoms with van der Waals surface area (Å²) in [6.07, 6.45) is 2.20. The minimum atomic E-state index is -2.26. The van der Waals surface area contributed by atoms with Gasteiger partial charge in [-0.25, -0.2) is 9.00 Å². The summed E-state index contributed by atoms with van der Waals surface area (Å²) in [5.74, 6) is -0.543. The number of carboxylic acids is 1. The van der Waals surface area contributed by atoms with Crippen LogP contribution in [0.4, 0.5) is 5.69 Å². The zero-order valence-corrected chi connectivity index (χ0v) is 18.7. The molecular weight excluding hydrogens is 450 g/mol. The summed E-state index contributed by atoms with van der Waals surface area (Å²) in [6, 6.07) is 20.0. The van der Waals surface area contributed by atoms with Crippen LogP contribution < -0.4 is 9.04 Å².